The molecule has 3 heteroatoms. The van der Waals surface area contributed by atoms with Crippen molar-refractivity contribution in [2.75, 3.05) is 27.3 Å². The fourth-order valence-electron chi connectivity index (χ4n) is 3.49. The first-order chi connectivity index (χ1) is 8.20. The highest BCUT2D eigenvalue weighted by atomic mass is 16.5. The lowest BCUT2D eigenvalue weighted by atomic mass is 9.82. The van der Waals surface area contributed by atoms with E-state index in [1.54, 1.807) is 7.11 Å². The van der Waals surface area contributed by atoms with Crippen molar-refractivity contribution >= 4 is 0 Å². The molecule has 2 heterocycles. The molecule has 0 radical (unpaired) electrons. The topological polar surface area (TPSA) is 24.5 Å². The fourth-order valence-corrected chi connectivity index (χ4v) is 3.49. The predicted octanol–water partition coefficient (Wildman–Crippen LogP) is 1.87. The van der Waals surface area contributed by atoms with Gasteiger partial charge >= 0.3 is 0 Å². The summed E-state index contributed by atoms with van der Waals surface area (Å²) in [5, 5.41) is 3.75. The van der Waals surface area contributed by atoms with E-state index in [-0.39, 0.29) is 0 Å². The monoisotopic (exact) mass is 240 g/mol. The molecule has 0 aromatic heterocycles. The van der Waals surface area contributed by atoms with Crippen molar-refractivity contribution in [2.45, 2.75) is 57.2 Å². The Labute approximate surface area is 106 Å². The van der Waals surface area contributed by atoms with Crippen LogP contribution in [0.3, 0.4) is 0 Å². The van der Waals surface area contributed by atoms with Crippen molar-refractivity contribution in [1.29, 1.82) is 0 Å². The van der Waals surface area contributed by atoms with Crippen LogP contribution in [0.15, 0.2) is 0 Å². The molecule has 2 bridgehead atoms. The van der Waals surface area contributed by atoms with Gasteiger partial charge in [-0.1, -0.05) is 13.3 Å². The summed E-state index contributed by atoms with van der Waals surface area (Å²) in [7, 11) is 4.11. The van der Waals surface area contributed by atoms with Crippen LogP contribution in [0.5, 0.6) is 0 Å². The van der Waals surface area contributed by atoms with Gasteiger partial charge in [0.05, 0.1) is 0 Å². The predicted molar refractivity (Wildman–Crippen MR) is 71.3 cm³/mol. The minimum atomic E-state index is 0.625. The van der Waals surface area contributed by atoms with Gasteiger partial charge in [0.2, 0.25) is 0 Å². The van der Waals surface area contributed by atoms with Crippen LogP contribution >= 0.6 is 0 Å². The number of hydrogen-bond donors (Lipinski definition) is 1. The summed E-state index contributed by atoms with van der Waals surface area (Å²) >= 11 is 0. The number of nitrogens with zero attached hydrogens (tertiary/aromatic N) is 1. The molecular weight excluding hydrogens is 212 g/mol. The zero-order valence-electron chi connectivity index (χ0n) is 11.6. The van der Waals surface area contributed by atoms with E-state index >= 15 is 0 Å². The Hall–Kier alpha value is -0.120. The fraction of sp³-hybridized carbons (Fsp3) is 1.00. The number of fused-ring (bicyclic) bond motifs is 2. The third kappa shape index (κ3) is 3.43. The van der Waals surface area contributed by atoms with Crippen LogP contribution in [-0.2, 0) is 4.74 Å². The molecule has 17 heavy (non-hydrogen) atoms. The van der Waals surface area contributed by atoms with Crippen molar-refractivity contribution < 1.29 is 4.74 Å². The number of ether oxygens (including phenoxy) is 1. The number of piperidine rings is 2. The average Bonchev–Trinajstić information content (AvgIpc) is 2.27. The van der Waals surface area contributed by atoms with Gasteiger partial charge in [0.25, 0.3) is 0 Å². The molecule has 1 N–H and O–H groups in total. The van der Waals surface area contributed by atoms with Crippen molar-refractivity contribution in [3.8, 4) is 0 Å². The van der Waals surface area contributed by atoms with Gasteiger partial charge in [0.15, 0.2) is 0 Å². The SMILES string of the molecule is COCC(C)CNC1CC2CCCC(C1)N2C. The number of methoxy groups -OCH3 is 1. The van der Waals surface area contributed by atoms with E-state index in [9.17, 15) is 0 Å². The second kappa shape index (κ2) is 6.17. The highest BCUT2D eigenvalue weighted by molar-refractivity contribution is 4.93. The number of rotatable bonds is 5. The summed E-state index contributed by atoms with van der Waals surface area (Å²) in [6, 6.07) is 2.40. The third-order valence-electron chi connectivity index (χ3n) is 4.55. The maximum atomic E-state index is 5.19. The molecule has 0 saturated carbocycles. The zero-order valence-corrected chi connectivity index (χ0v) is 11.6. The molecule has 3 atom stereocenters. The van der Waals surface area contributed by atoms with Crippen LogP contribution < -0.4 is 5.32 Å². The molecule has 2 saturated heterocycles. The molecule has 100 valence electrons. The molecule has 0 spiro atoms. The van der Waals surface area contributed by atoms with Crippen LogP contribution in [0, 0.1) is 5.92 Å². The summed E-state index contributed by atoms with van der Waals surface area (Å²) in [5.74, 6) is 0.625. The first-order valence-corrected chi connectivity index (χ1v) is 7.15. The Kier molecular flexibility index (Phi) is 4.83. The second-order valence-electron chi connectivity index (χ2n) is 6.04. The quantitative estimate of drug-likeness (QED) is 0.794. The normalized spacial score (nSPS) is 35.8. The van der Waals surface area contributed by atoms with Gasteiger partial charge in [0, 0.05) is 38.4 Å². The van der Waals surface area contributed by atoms with Crippen LogP contribution in [0.25, 0.3) is 0 Å². The smallest absolute Gasteiger partial charge is 0.0499 e. The highest BCUT2D eigenvalue weighted by Crippen LogP contribution is 2.32. The van der Waals surface area contributed by atoms with Crippen molar-refractivity contribution in [3.63, 3.8) is 0 Å². The van der Waals surface area contributed by atoms with Gasteiger partial charge in [-0.2, -0.15) is 0 Å². The van der Waals surface area contributed by atoms with Gasteiger partial charge in [-0.05, 0) is 38.6 Å². The van der Waals surface area contributed by atoms with Gasteiger partial charge < -0.3 is 15.0 Å². The van der Waals surface area contributed by atoms with E-state index in [0.717, 1.165) is 31.3 Å². The van der Waals surface area contributed by atoms with Gasteiger partial charge in [-0.25, -0.2) is 0 Å². The van der Waals surface area contributed by atoms with E-state index in [2.05, 4.69) is 24.2 Å². The summed E-state index contributed by atoms with van der Waals surface area (Å²) in [4.78, 5) is 2.63. The second-order valence-corrected chi connectivity index (χ2v) is 6.04. The summed E-state index contributed by atoms with van der Waals surface area (Å²) in [5.41, 5.74) is 0. The van der Waals surface area contributed by atoms with Gasteiger partial charge in [0.1, 0.15) is 0 Å². The van der Waals surface area contributed by atoms with Crippen molar-refractivity contribution in [1.82, 2.24) is 10.2 Å². The molecule has 0 amide bonds. The maximum Gasteiger partial charge on any atom is 0.0499 e. The molecule has 2 aliphatic heterocycles. The van der Waals surface area contributed by atoms with E-state index in [0.29, 0.717) is 5.92 Å². The Morgan fingerprint density at radius 2 is 1.94 bits per heavy atom. The number of hydrogen-bond acceptors (Lipinski definition) is 3. The first-order valence-electron chi connectivity index (χ1n) is 7.15. The largest absolute Gasteiger partial charge is 0.384 e. The molecule has 0 aliphatic carbocycles. The van der Waals surface area contributed by atoms with Gasteiger partial charge in [-0.15, -0.1) is 0 Å². The lowest BCUT2D eigenvalue weighted by Crippen LogP contribution is -2.54. The van der Waals surface area contributed by atoms with Crippen molar-refractivity contribution in [2.24, 2.45) is 5.92 Å². The number of nitrogens with one attached hydrogen (secondary N) is 1. The minimum absolute atomic E-state index is 0.625. The Morgan fingerprint density at radius 1 is 1.29 bits per heavy atom. The molecule has 3 unspecified atom stereocenters. The van der Waals surface area contributed by atoms with E-state index in [1.165, 1.54) is 32.1 Å². The molecule has 3 nitrogen and oxygen atoms in total. The van der Waals surface area contributed by atoms with E-state index in [1.807, 2.05) is 0 Å². The minimum Gasteiger partial charge on any atom is -0.384 e. The van der Waals surface area contributed by atoms with Gasteiger partial charge in [-0.3, -0.25) is 0 Å². The Morgan fingerprint density at radius 3 is 2.53 bits per heavy atom. The Bertz CT molecular complexity index is 220. The molecule has 2 rings (SSSR count). The summed E-state index contributed by atoms with van der Waals surface area (Å²) in [6.07, 6.45) is 6.92. The molecular formula is C14H28N2O. The maximum absolute atomic E-state index is 5.19. The van der Waals surface area contributed by atoms with Crippen molar-refractivity contribution in [3.05, 3.63) is 0 Å². The highest BCUT2D eigenvalue weighted by Gasteiger charge is 2.35. The summed E-state index contributed by atoms with van der Waals surface area (Å²) < 4.78 is 5.19. The summed E-state index contributed by atoms with van der Waals surface area (Å²) in [6.45, 7) is 4.22. The van der Waals surface area contributed by atoms with E-state index < -0.39 is 0 Å². The first kappa shape index (κ1) is 13.3. The van der Waals surface area contributed by atoms with Crippen LogP contribution in [-0.4, -0.2) is 50.3 Å². The zero-order chi connectivity index (χ0) is 12.3. The van der Waals surface area contributed by atoms with Crippen LogP contribution in [0.2, 0.25) is 0 Å². The van der Waals surface area contributed by atoms with Crippen LogP contribution in [0.1, 0.15) is 39.0 Å². The molecule has 2 aliphatic rings. The van der Waals surface area contributed by atoms with Crippen LogP contribution in [0.4, 0.5) is 0 Å². The average molecular weight is 240 g/mol. The molecule has 0 aromatic rings. The lowest BCUT2D eigenvalue weighted by molar-refractivity contribution is 0.0466. The standard InChI is InChI=1S/C14H28N2O/c1-11(10-17-3)9-15-12-7-13-5-4-6-14(8-12)16(13)2/h11-15H,4-10H2,1-3H3. The molecule has 2 fully saturated rings. The molecule has 0 aromatic carbocycles. The Balaban J connectivity index is 1.76. The lowest BCUT2D eigenvalue weighted by Gasteiger charge is -2.47. The third-order valence-corrected chi connectivity index (χ3v) is 4.55. The van der Waals surface area contributed by atoms with E-state index in [4.69, 9.17) is 4.74 Å².